The van der Waals surface area contributed by atoms with Crippen LogP contribution in [0.2, 0.25) is 5.02 Å². The lowest BCUT2D eigenvalue weighted by Gasteiger charge is -2.06. The molecule has 0 radical (unpaired) electrons. The minimum absolute atomic E-state index is 0.121. The molecule has 0 aliphatic heterocycles. The van der Waals surface area contributed by atoms with E-state index in [0.717, 1.165) is 4.47 Å². The molecular formula is C11H7BrClNOS. The number of carbonyl (C=O) groups is 1. The molecule has 1 N–H and O–H groups in total. The van der Waals surface area contributed by atoms with Crippen LogP contribution >= 0.6 is 38.9 Å². The van der Waals surface area contributed by atoms with E-state index < -0.39 is 0 Å². The highest BCUT2D eigenvalue weighted by molar-refractivity contribution is 9.10. The van der Waals surface area contributed by atoms with Crippen molar-refractivity contribution in [1.29, 1.82) is 0 Å². The molecule has 1 amide bonds. The van der Waals surface area contributed by atoms with E-state index >= 15 is 0 Å². The average molecular weight is 317 g/mol. The monoisotopic (exact) mass is 315 g/mol. The Kier molecular flexibility index (Phi) is 3.63. The quantitative estimate of drug-likeness (QED) is 0.873. The molecule has 5 heteroatoms. The summed E-state index contributed by atoms with van der Waals surface area (Å²) in [6.45, 7) is 0. The van der Waals surface area contributed by atoms with Crippen LogP contribution in [0.25, 0.3) is 0 Å². The van der Waals surface area contributed by atoms with Crippen molar-refractivity contribution in [3.05, 3.63) is 50.1 Å². The fourth-order valence-corrected chi connectivity index (χ4v) is 2.60. The van der Waals surface area contributed by atoms with Gasteiger partial charge in [0.15, 0.2) is 0 Å². The zero-order chi connectivity index (χ0) is 11.5. The molecule has 1 aromatic heterocycles. The van der Waals surface area contributed by atoms with Gasteiger partial charge in [0.25, 0.3) is 5.91 Å². The van der Waals surface area contributed by atoms with Gasteiger partial charge in [-0.3, -0.25) is 4.79 Å². The van der Waals surface area contributed by atoms with Crippen molar-refractivity contribution >= 4 is 50.5 Å². The molecule has 82 valence electrons. The predicted molar refractivity (Wildman–Crippen MR) is 71.4 cm³/mol. The zero-order valence-electron chi connectivity index (χ0n) is 8.04. The van der Waals surface area contributed by atoms with Gasteiger partial charge in [-0.05, 0) is 45.6 Å². The first-order valence-corrected chi connectivity index (χ1v) is 6.57. The number of thiophene rings is 1. The summed E-state index contributed by atoms with van der Waals surface area (Å²) in [5.74, 6) is -0.121. The van der Waals surface area contributed by atoms with Crippen molar-refractivity contribution in [1.82, 2.24) is 0 Å². The summed E-state index contributed by atoms with van der Waals surface area (Å²) in [6.07, 6.45) is 0. The summed E-state index contributed by atoms with van der Waals surface area (Å²) in [7, 11) is 0. The second kappa shape index (κ2) is 4.99. The molecule has 2 aromatic rings. The second-order valence-electron chi connectivity index (χ2n) is 3.09. The maximum atomic E-state index is 11.8. The van der Waals surface area contributed by atoms with Crippen LogP contribution in [0.15, 0.2) is 39.5 Å². The standard InChI is InChI=1S/C11H7BrClNOS/c12-9-5-8(13)1-2-10(9)14-11(15)7-3-4-16-6-7/h1-6H,(H,14,15). The minimum Gasteiger partial charge on any atom is -0.321 e. The molecule has 0 unspecified atom stereocenters. The SMILES string of the molecule is O=C(Nc1ccc(Cl)cc1Br)c1ccsc1. The number of benzene rings is 1. The van der Waals surface area contributed by atoms with E-state index in [1.807, 2.05) is 5.38 Å². The van der Waals surface area contributed by atoms with Crippen molar-refractivity contribution < 1.29 is 4.79 Å². The Morgan fingerprint density at radius 2 is 2.19 bits per heavy atom. The minimum atomic E-state index is -0.121. The van der Waals surface area contributed by atoms with E-state index in [1.54, 1.807) is 29.6 Å². The van der Waals surface area contributed by atoms with Crippen molar-refractivity contribution in [2.45, 2.75) is 0 Å². The molecule has 0 fully saturated rings. The van der Waals surface area contributed by atoms with E-state index in [-0.39, 0.29) is 5.91 Å². The molecule has 2 nitrogen and oxygen atoms in total. The first-order valence-electron chi connectivity index (χ1n) is 4.45. The van der Waals surface area contributed by atoms with Crippen LogP contribution in [0.3, 0.4) is 0 Å². The first kappa shape index (κ1) is 11.6. The number of hydrogen-bond acceptors (Lipinski definition) is 2. The summed E-state index contributed by atoms with van der Waals surface area (Å²) >= 11 is 10.6. The van der Waals surface area contributed by atoms with Gasteiger partial charge in [-0.25, -0.2) is 0 Å². The van der Waals surface area contributed by atoms with E-state index in [1.165, 1.54) is 11.3 Å². The summed E-state index contributed by atoms with van der Waals surface area (Å²) in [4.78, 5) is 11.8. The van der Waals surface area contributed by atoms with Gasteiger partial charge in [-0.1, -0.05) is 11.6 Å². The summed E-state index contributed by atoms with van der Waals surface area (Å²) in [5, 5.41) is 7.10. The fraction of sp³-hybridized carbons (Fsp3) is 0. The first-order chi connectivity index (χ1) is 7.66. The fourth-order valence-electron chi connectivity index (χ4n) is 1.18. The second-order valence-corrected chi connectivity index (χ2v) is 5.16. The Balaban J connectivity index is 2.18. The molecule has 0 atom stereocenters. The molecule has 1 heterocycles. The van der Waals surface area contributed by atoms with E-state index in [9.17, 15) is 4.79 Å². The predicted octanol–water partition coefficient (Wildman–Crippen LogP) is 4.42. The van der Waals surface area contributed by atoms with Crippen molar-refractivity contribution in [2.24, 2.45) is 0 Å². The van der Waals surface area contributed by atoms with Crippen LogP contribution in [0.1, 0.15) is 10.4 Å². The Labute approximate surface area is 110 Å². The van der Waals surface area contributed by atoms with Gasteiger partial charge < -0.3 is 5.32 Å². The maximum absolute atomic E-state index is 11.8. The van der Waals surface area contributed by atoms with Crippen molar-refractivity contribution in [2.75, 3.05) is 5.32 Å². The smallest absolute Gasteiger partial charge is 0.256 e. The topological polar surface area (TPSA) is 29.1 Å². The van der Waals surface area contributed by atoms with Gasteiger partial charge in [-0.15, -0.1) is 0 Å². The largest absolute Gasteiger partial charge is 0.321 e. The van der Waals surface area contributed by atoms with Crippen molar-refractivity contribution in [3.63, 3.8) is 0 Å². The highest BCUT2D eigenvalue weighted by Crippen LogP contribution is 2.26. The van der Waals surface area contributed by atoms with E-state index in [2.05, 4.69) is 21.2 Å². The number of anilines is 1. The summed E-state index contributed by atoms with van der Waals surface area (Å²) < 4.78 is 0.767. The summed E-state index contributed by atoms with van der Waals surface area (Å²) in [6, 6.07) is 7.01. The maximum Gasteiger partial charge on any atom is 0.256 e. The van der Waals surface area contributed by atoms with Gasteiger partial charge >= 0.3 is 0 Å². The van der Waals surface area contributed by atoms with Gasteiger partial charge in [0.05, 0.1) is 11.3 Å². The van der Waals surface area contributed by atoms with Gasteiger partial charge in [0, 0.05) is 14.9 Å². The normalized spacial score (nSPS) is 10.1. The van der Waals surface area contributed by atoms with Crippen LogP contribution in [0, 0.1) is 0 Å². The number of nitrogens with one attached hydrogen (secondary N) is 1. The molecule has 0 aliphatic carbocycles. The average Bonchev–Trinajstić information content (AvgIpc) is 2.75. The van der Waals surface area contributed by atoms with Gasteiger partial charge in [0.2, 0.25) is 0 Å². The molecule has 0 saturated carbocycles. The molecule has 16 heavy (non-hydrogen) atoms. The molecule has 0 spiro atoms. The number of carbonyl (C=O) groups excluding carboxylic acids is 1. The number of amides is 1. The number of hydrogen-bond donors (Lipinski definition) is 1. The van der Waals surface area contributed by atoms with Crippen molar-refractivity contribution in [3.8, 4) is 0 Å². The van der Waals surface area contributed by atoms with Crippen LogP contribution < -0.4 is 5.32 Å². The molecule has 0 saturated heterocycles. The third-order valence-corrected chi connectivity index (χ3v) is 3.54. The third-order valence-electron chi connectivity index (χ3n) is 1.96. The zero-order valence-corrected chi connectivity index (χ0v) is 11.2. The lowest BCUT2D eigenvalue weighted by molar-refractivity contribution is 0.102. The Morgan fingerprint density at radius 1 is 1.38 bits per heavy atom. The summed E-state index contributed by atoms with van der Waals surface area (Å²) in [5.41, 5.74) is 1.37. The van der Waals surface area contributed by atoms with Crippen LogP contribution in [0.4, 0.5) is 5.69 Å². The molecular weight excluding hydrogens is 310 g/mol. The van der Waals surface area contributed by atoms with E-state index in [0.29, 0.717) is 16.3 Å². The number of halogens is 2. The molecule has 1 aromatic carbocycles. The molecule has 0 aliphatic rings. The Hall–Kier alpha value is -0.840. The third kappa shape index (κ3) is 2.64. The highest BCUT2D eigenvalue weighted by Gasteiger charge is 2.08. The van der Waals surface area contributed by atoms with Gasteiger partial charge in [-0.2, -0.15) is 11.3 Å². The lowest BCUT2D eigenvalue weighted by Crippen LogP contribution is -2.11. The lowest BCUT2D eigenvalue weighted by atomic mass is 10.3. The molecule has 2 rings (SSSR count). The molecule has 0 bridgehead atoms. The van der Waals surface area contributed by atoms with Gasteiger partial charge in [0.1, 0.15) is 0 Å². The van der Waals surface area contributed by atoms with Crippen LogP contribution in [0.5, 0.6) is 0 Å². The Morgan fingerprint density at radius 3 is 2.81 bits per heavy atom. The van der Waals surface area contributed by atoms with Crippen LogP contribution in [-0.4, -0.2) is 5.91 Å². The van der Waals surface area contributed by atoms with Crippen LogP contribution in [-0.2, 0) is 0 Å². The number of rotatable bonds is 2. The highest BCUT2D eigenvalue weighted by atomic mass is 79.9. The van der Waals surface area contributed by atoms with E-state index in [4.69, 9.17) is 11.6 Å². The Bertz CT molecular complexity index is 513.